The molecule has 1 aromatic carbocycles. The lowest BCUT2D eigenvalue weighted by Crippen LogP contribution is -2.54. The maximum absolute atomic E-state index is 15.8. The molecule has 0 radical (unpaired) electrons. The van der Waals surface area contributed by atoms with E-state index in [4.69, 9.17) is 0 Å². The fourth-order valence-electron chi connectivity index (χ4n) is 5.44. The molecule has 0 saturated carbocycles. The molecule has 212 valence electrons. The van der Waals surface area contributed by atoms with E-state index < -0.39 is 34.3 Å². The van der Waals surface area contributed by atoms with Crippen molar-refractivity contribution in [2.24, 2.45) is 0 Å². The summed E-state index contributed by atoms with van der Waals surface area (Å²) in [4.78, 5) is 42.9. The maximum Gasteiger partial charge on any atom is 0.355 e. The highest BCUT2D eigenvalue weighted by atomic mass is 19.1. The number of benzene rings is 1. The Bertz CT molecular complexity index is 1720. The highest BCUT2D eigenvalue weighted by Crippen LogP contribution is 2.36. The number of nitrogens with zero attached hydrogens (tertiary/aromatic N) is 6. The zero-order valence-corrected chi connectivity index (χ0v) is 23.1. The Hall–Kier alpha value is -4.67. The molecule has 5 rings (SSSR count). The lowest BCUT2D eigenvalue weighted by Gasteiger charge is -2.40. The number of hydrogen-bond acceptors (Lipinski definition) is 7. The number of hydrogen-bond donors (Lipinski definition) is 1. The zero-order chi connectivity index (χ0) is 29.4. The largest absolute Gasteiger partial charge is 0.507 e. The number of aryl methyl sites for hydroxylation is 2. The summed E-state index contributed by atoms with van der Waals surface area (Å²) in [6, 6.07) is 6.35. The Morgan fingerprint density at radius 3 is 2.66 bits per heavy atom. The second kappa shape index (κ2) is 11.1. The number of aromatic nitrogens is 4. The van der Waals surface area contributed by atoms with Crippen LogP contribution in [0, 0.1) is 18.6 Å². The number of carbonyl (C=O) groups excluding carboxylic acids is 1. The summed E-state index contributed by atoms with van der Waals surface area (Å²) in [5.74, 6) is -2.24. The van der Waals surface area contributed by atoms with Gasteiger partial charge in [-0.15, -0.1) is 0 Å². The van der Waals surface area contributed by atoms with Gasteiger partial charge in [-0.2, -0.15) is 4.98 Å². The minimum absolute atomic E-state index is 0.0457. The predicted octanol–water partition coefficient (Wildman–Crippen LogP) is 4.31. The highest BCUT2D eigenvalue weighted by molar-refractivity contribution is 5.91. The molecule has 1 aliphatic heterocycles. The third-order valence-electron chi connectivity index (χ3n) is 7.35. The normalized spacial score (nSPS) is 15.4. The number of fused-ring (bicyclic) bond motifs is 1. The quantitative estimate of drug-likeness (QED) is 0.351. The van der Waals surface area contributed by atoms with Crippen LogP contribution in [0.4, 0.5) is 14.6 Å². The lowest BCUT2D eigenvalue weighted by molar-refractivity contribution is -0.126. The molecule has 1 saturated heterocycles. The predicted molar refractivity (Wildman–Crippen MR) is 152 cm³/mol. The summed E-state index contributed by atoms with van der Waals surface area (Å²) in [7, 11) is 0. The van der Waals surface area contributed by atoms with Crippen LogP contribution in [-0.4, -0.2) is 61.1 Å². The van der Waals surface area contributed by atoms with Gasteiger partial charge in [-0.25, -0.2) is 23.1 Å². The van der Waals surface area contributed by atoms with Crippen molar-refractivity contribution in [1.29, 1.82) is 0 Å². The Balaban J connectivity index is 1.82. The van der Waals surface area contributed by atoms with E-state index in [0.29, 0.717) is 37.4 Å². The molecule has 0 aliphatic carbocycles. The molecule has 0 bridgehead atoms. The maximum atomic E-state index is 15.8. The van der Waals surface area contributed by atoms with Gasteiger partial charge in [0.1, 0.15) is 23.1 Å². The van der Waals surface area contributed by atoms with Gasteiger partial charge in [-0.3, -0.25) is 9.78 Å². The van der Waals surface area contributed by atoms with E-state index in [1.807, 2.05) is 24.8 Å². The van der Waals surface area contributed by atoms with Gasteiger partial charge >= 0.3 is 5.69 Å². The van der Waals surface area contributed by atoms with Crippen molar-refractivity contribution in [2.45, 2.75) is 39.7 Å². The van der Waals surface area contributed by atoms with Gasteiger partial charge in [0, 0.05) is 31.9 Å². The topological polar surface area (TPSA) is 104 Å². The molecule has 3 aromatic heterocycles. The molecule has 0 unspecified atom stereocenters. The lowest BCUT2D eigenvalue weighted by atomic mass is 10.1. The Morgan fingerprint density at radius 1 is 1.20 bits per heavy atom. The number of amides is 1. The van der Waals surface area contributed by atoms with Crippen molar-refractivity contribution in [2.75, 3.05) is 24.5 Å². The number of anilines is 1. The standard InChI is InChI=1S/C30H30F2N6O3/c1-5-8-19-11-12-33-18(4)27(19)38-29-20(15-22(32)26(34-29)25-21(31)9-7-10-23(25)39)28(35-30(38)41)37-14-13-36(16-17(37)3)24(40)6-2/h6-7,9-12,15,17,39H,2,5,8,13-14,16H2,1,3-4H3/t17-/m0/s1. The summed E-state index contributed by atoms with van der Waals surface area (Å²) in [5.41, 5.74) is 0.368. The van der Waals surface area contributed by atoms with E-state index in [1.165, 1.54) is 28.8 Å². The number of halogens is 2. The van der Waals surface area contributed by atoms with Crippen LogP contribution in [0.3, 0.4) is 0 Å². The van der Waals surface area contributed by atoms with Crippen LogP contribution in [0.1, 0.15) is 31.5 Å². The molecule has 1 N–H and O–H groups in total. The first-order valence-corrected chi connectivity index (χ1v) is 13.4. The molecular weight excluding hydrogens is 530 g/mol. The van der Waals surface area contributed by atoms with Crippen molar-refractivity contribution in [3.05, 3.63) is 82.6 Å². The second-order valence-corrected chi connectivity index (χ2v) is 10.1. The Morgan fingerprint density at radius 2 is 1.98 bits per heavy atom. The SMILES string of the molecule is C=CC(=O)N1CCN(c2nc(=O)n(-c3c(CCC)ccnc3C)c3nc(-c4c(O)cccc4F)c(F)cc23)[C@@H](C)C1. The molecular formula is C30H30F2N6O3. The number of phenolic OH excluding ortho intramolecular Hbond substituents is 1. The van der Waals surface area contributed by atoms with Crippen molar-refractivity contribution < 1.29 is 18.7 Å². The minimum atomic E-state index is -0.893. The van der Waals surface area contributed by atoms with Crippen LogP contribution in [0.15, 0.2) is 54.0 Å². The van der Waals surface area contributed by atoms with E-state index >= 15 is 4.39 Å². The molecule has 1 fully saturated rings. The molecule has 9 nitrogen and oxygen atoms in total. The summed E-state index contributed by atoms with van der Waals surface area (Å²) in [6.07, 6.45) is 4.32. The number of pyridine rings is 2. The van der Waals surface area contributed by atoms with Crippen LogP contribution in [0.2, 0.25) is 0 Å². The molecule has 4 aromatic rings. The van der Waals surface area contributed by atoms with Gasteiger partial charge in [-0.05, 0) is 56.2 Å². The summed E-state index contributed by atoms with van der Waals surface area (Å²) >= 11 is 0. The number of piperazine rings is 1. The second-order valence-electron chi connectivity index (χ2n) is 10.1. The van der Waals surface area contributed by atoms with Crippen LogP contribution in [-0.2, 0) is 11.2 Å². The first-order chi connectivity index (χ1) is 19.7. The summed E-state index contributed by atoms with van der Waals surface area (Å²) < 4.78 is 32.0. The van der Waals surface area contributed by atoms with E-state index in [0.717, 1.165) is 18.1 Å². The van der Waals surface area contributed by atoms with E-state index in [9.17, 15) is 19.1 Å². The van der Waals surface area contributed by atoms with Gasteiger partial charge in [0.15, 0.2) is 11.5 Å². The first kappa shape index (κ1) is 27.9. The zero-order valence-electron chi connectivity index (χ0n) is 23.1. The number of rotatable bonds is 6. The van der Waals surface area contributed by atoms with Crippen LogP contribution >= 0.6 is 0 Å². The van der Waals surface area contributed by atoms with Crippen molar-refractivity contribution in [3.63, 3.8) is 0 Å². The molecule has 1 atom stereocenters. The van der Waals surface area contributed by atoms with Gasteiger partial charge < -0.3 is 14.9 Å². The Kier molecular flexibility index (Phi) is 7.53. The Labute approximate surface area is 235 Å². The fraction of sp³-hybridized carbons (Fsp3) is 0.300. The van der Waals surface area contributed by atoms with Crippen LogP contribution in [0.25, 0.3) is 28.0 Å². The van der Waals surface area contributed by atoms with Crippen molar-refractivity contribution in [1.82, 2.24) is 24.4 Å². The smallest absolute Gasteiger partial charge is 0.355 e. The van der Waals surface area contributed by atoms with Gasteiger partial charge in [0.2, 0.25) is 5.91 Å². The summed E-state index contributed by atoms with van der Waals surface area (Å²) in [5, 5.41) is 10.7. The van der Waals surface area contributed by atoms with Gasteiger partial charge in [0.05, 0.1) is 22.3 Å². The molecule has 4 heterocycles. The van der Waals surface area contributed by atoms with Crippen molar-refractivity contribution in [3.8, 4) is 22.7 Å². The molecule has 11 heteroatoms. The number of phenols is 1. The highest BCUT2D eigenvalue weighted by Gasteiger charge is 2.30. The van der Waals surface area contributed by atoms with Crippen molar-refractivity contribution >= 4 is 22.8 Å². The monoisotopic (exact) mass is 560 g/mol. The number of aromatic hydroxyl groups is 1. The molecule has 0 spiro atoms. The average Bonchev–Trinajstić information content (AvgIpc) is 2.94. The summed E-state index contributed by atoms with van der Waals surface area (Å²) in [6.45, 7) is 10.2. The molecule has 1 aliphatic rings. The minimum Gasteiger partial charge on any atom is -0.507 e. The van der Waals surface area contributed by atoms with Gasteiger partial charge in [0.25, 0.3) is 0 Å². The third kappa shape index (κ3) is 4.92. The first-order valence-electron chi connectivity index (χ1n) is 13.4. The molecule has 41 heavy (non-hydrogen) atoms. The molecule has 1 amide bonds. The van der Waals surface area contributed by atoms with Gasteiger partial charge in [-0.1, -0.05) is 26.0 Å². The van der Waals surface area contributed by atoms with E-state index in [2.05, 4.69) is 21.5 Å². The third-order valence-corrected chi connectivity index (χ3v) is 7.35. The van der Waals surface area contributed by atoms with E-state index in [1.54, 1.807) is 18.0 Å². The van der Waals surface area contributed by atoms with E-state index in [-0.39, 0.29) is 28.8 Å². The van der Waals surface area contributed by atoms with Crippen LogP contribution in [0.5, 0.6) is 5.75 Å². The van der Waals surface area contributed by atoms with Crippen LogP contribution < -0.4 is 10.6 Å². The average molecular weight is 561 g/mol. The number of carbonyl (C=O) groups is 1. The fourth-order valence-corrected chi connectivity index (χ4v) is 5.44.